The average molecular weight is 268 g/mol. The molecule has 1 aliphatic carbocycles. The van der Waals surface area contributed by atoms with Gasteiger partial charge in [0, 0.05) is 26.6 Å². The van der Waals surface area contributed by atoms with Crippen molar-refractivity contribution in [2.24, 2.45) is 0 Å². The normalized spacial score (nSPS) is 28.5. The minimum atomic E-state index is 0.179. The first-order valence-corrected chi connectivity index (χ1v) is 7.74. The van der Waals surface area contributed by atoms with E-state index >= 15 is 0 Å². The number of rotatable bonds is 5. The van der Waals surface area contributed by atoms with E-state index in [1.807, 2.05) is 11.9 Å². The zero-order valence-corrected chi connectivity index (χ0v) is 12.4. The van der Waals surface area contributed by atoms with Gasteiger partial charge >= 0.3 is 0 Å². The summed E-state index contributed by atoms with van der Waals surface area (Å²) in [7, 11) is 1.92. The molecule has 0 aromatic heterocycles. The minimum Gasteiger partial charge on any atom is -0.377 e. The third-order valence-electron chi connectivity index (χ3n) is 4.65. The highest BCUT2D eigenvalue weighted by molar-refractivity contribution is 5.73. The molecule has 1 saturated carbocycles. The van der Waals surface area contributed by atoms with Crippen LogP contribution >= 0.6 is 0 Å². The van der Waals surface area contributed by atoms with Gasteiger partial charge in [0.05, 0.1) is 12.7 Å². The predicted octanol–water partition coefficient (Wildman–Crippen LogP) is 1.89. The smallest absolute Gasteiger partial charge is 0.219 e. The van der Waals surface area contributed by atoms with E-state index in [2.05, 4.69) is 4.90 Å². The van der Waals surface area contributed by atoms with Crippen LogP contribution in [0.1, 0.15) is 45.4 Å². The Morgan fingerprint density at radius 3 is 2.42 bits per heavy atom. The first kappa shape index (κ1) is 14.8. The molecule has 2 aliphatic rings. The van der Waals surface area contributed by atoms with E-state index in [1.165, 1.54) is 25.9 Å². The van der Waals surface area contributed by atoms with Crippen molar-refractivity contribution in [3.63, 3.8) is 0 Å². The van der Waals surface area contributed by atoms with Crippen LogP contribution in [0.2, 0.25) is 0 Å². The van der Waals surface area contributed by atoms with Crippen molar-refractivity contribution in [1.29, 1.82) is 0 Å². The Bertz CT molecular complexity index is 282. The Hall–Kier alpha value is -0.610. The van der Waals surface area contributed by atoms with Crippen LogP contribution in [-0.4, -0.2) is 61.1 Å². The Morgan fingerprint density at radius 1 is 1.21 bits per heavy atom. The van der Waals surface area contributed by atoms with Crippen molar-refractivity contribution in [3.05, 3.63) is 0 Å². The third-order valence-corrected chi connectivity index (χ3v) is 4.65. The fourth-order valence-corrected chi connectivity index (χ4v) is 3.21. The molecule has 0 spiro atoms. The van der Waals surface area contributed by atoms with Gasteiger partial charge in [-0.25, -0.2) is 0 Å². The molecule has 19 heavy (non-hydrogen) atoms. The summed E-state index contributed by atoms with van der Waals surface area (Å²) in [5.41, 5.74) is 0. The predicted molar refractivity (Wildman–Crippen MR) is 76.1 cm³/mol. The van der Waals surface area contributed by atoms with Gasteiger partial charge in [-0.05, 0) is 51.6 Å². The highest BCUT2D eigenvalue weighted by Crippen LogP contribution is 2.24. The zero-order valence-electron chi connectivity index (χ0n) is 12.4. The van der Waals surface area contributed by atoms with E-state index in [0.29, 0.717) is 12.1 Å². The summed E-state index contributed by atoms with van der Waals surface area (Å²) >= 11 is 0. The summed E-state index contributed by atoms with van der Waals surface area (Å²) < 4.78 is 5.99. The second-order valence-corrected chi connectivity index (χ2v) is 5.98. The number of ether oxygens (including phenoxy) is 1. The molecular formula is C15H28N2O2. The lowest BCUT2D eigenvalue weighted by Gasteiger charge is -2.34. The summed E-state index contributed by atoms with van der Waals surface area (Å²) in [4.78, 5) is 15.7. The van der Waals surface area contributed by atoms with Crippen molar-refractivity contribution < 1.29 is 9.53 Å². The molecule has 1 amide bonds. The van der Waals surface area contributed by atoms with Crippen LogP contribution in [0.25, 0.3) is 0 Å². The molecule has 4 heteroatoms. The van der Waals surface area contributed by atoms with Gasteiger partial charge in [-0.3, -0.25) is 4.79 Å². The summed E-state index contributed by atoms with van der Waals surface area (Å²) in [6.45, 7) is 6.11. The molecule has 4 nitrogen and oxygen atoms in total. The Balaban J connectivity index is 1.59. The van der Waals surface area contributed by atoms with Crippen molar-refractivity contribution in [2.75, 3.05) is 33.3 Å². The van der Waals surface area contributed by atoms with E-state index in [4.69, 9.17) is 4.74 Å². The van der Waals surface area contributed by atoms with Crippen molar-refractivity contribution >= 4 is 5.91 Å². The maximum absolute atomic E-state index is 11.3. The van der Waals surface area contributed by atoms with Gasteiger partial charge in [-0.2, -0.15) is 0 Å². The molecule has 110 valence electrons. The molecule has 1 saturated heterocycles. The van der Waals surface area contributed by atoms with Gasteiger partial charge in [0.2, 0.25) is 5.91 Å². The van der Waals surface area contributed by atoms with Crippen molar-refractivity contribution in [3.8, 4) is 0 Å². The molecule has 1 aliphatic heterocycles. The number of likely N-dealkylation sites (tertiary alicyclic amines) is 1. The number of hydrogen-bond donors (Lipinski definition) is 0. The van der Waals surface area contributed by atoms with Crippen LogP contribution in [0.4, 0.5) is 0 Å². The topological polar surface area (TPSA) is 32.8 Å². The molecule has 0 unspecified atom stereocenters. The molecule has 2 fully saturated rings. The largest absolute Gasteiger partial charge is 0.377 e. The molecule has 0 bridgehead atoms. The van der Waals surface area contributed by atoms with Crippen LogP contribution in [0.15, 0.2) is 0 Å². The van der Waals surface area contributed by atoms with E-state index in [-0.39, 0.29) is 5.91 Å². The van der Waals surface area contributed by atoms with Crippen LogP contribution in [0.3, 0.4) is 0 Å². The molecule has 2 rings (SSSR count). The highest BCUT2D eigenvalue weighted by atomic mass is 16.5. The molecule has 0 radical (unpaired) electrons. The van der Waals surface area contributed by atoms with Crippen LogP contribution in [-0.2, 0) is 9.53 Å². The Kier molecular flexibility index (Phi) is 5.64. The van der Waals surface area contributed by atoms with Gasteiger partial charge in [-0.15, -0.1) is 0 Å². The molecule has 0 atom stereocenters. The van der Waals surface area contributed by atoms with Crippen LogP contribution < -0.4 is 0 Å². The number of hydrogen-bond acceptors (Lipinski definition) is 3. The zero-order chi connectivity index (χ0) is 13.7. The van der Waals surface area contributed by atoms with E-state index < -0.39 is 0 Å². The second kappa shape index (κ2) is 7.25. The summed E-state index contributed by atoms with van der Waals surface area (Å²) in [5.74, 6) is 0.179. The maximum atomic E-state index is 11.3. The molecule has 0 N–H and O–H groups in total. The Labute approximate surface area is 117 Å². The maximum Gasteiger partial charge on any atom is 0.219 e. The number of nitrogens with zero attached hydrogens (tertiary/aromatic N) is 2. The lowest BCUT2D eigenvalue weighted by molar-refractivity contribution is -0.130. The van der Waals surface area contributed by atoms with Gasteiger partial charge < -0.3 is 14.5 Å². The highest BCUT2D eigenvalue weighted by Gasteiger charge is 2.25. The fourth-order valence-electron chi connectivity index (χ4n) is 3.21. The number of carbonyl (C=O) groups excluding carboxylic acids is 1. The molecule has 0 aromatic carbocycles. The average Bonchev–Trinajstić information content (AvgIpc) is 2.92. The fraction of sp³-hybridized carbons (Fsp3) is 0.933. The number of amides is 1. The monoisotopic (exact) mass is 268 g/mol. The number of carbonyl (C=O) groups is 1. The summed E-state index contributed by atoms with van der Waals surface area (Å²) in [5, 5.41) is 0. The van der Waals surface area contributed by atoms with Crippen LogP contribution in [0, 0.1) is 0 Å². The van der Waals surface area contributed by atoms with Crippen molar-refractivity contribution in [1.82, 2.24) is 9.80 Å². The molecular weight excluding hydrogens is 240 g/mol. The van der Waals surface area contributed by atoms with Crippen LogP contribution in [0.5, 0.6) is 0 Å². The Morgan fingerprint density at radius 2 is 1.84 bits per heavy atom. The third kappa shape index (κ3) is 4.46. The molecule has 1 heterocycles. The lowest BCUT2D eigenvalue weighted by atomic mass is 9.92. The minimum absolute atomic E-state index is 0.179. The SMILES string of the molecule is CC(=O)N(C)[C@H]1CC[C@@H](OCCN2CCCC2)CC1. The first-order chi connectivity index (χ1) is 9.16. The van der Waals surface area contributed by atoms with E-state index in [1.54, 1.807) is 6.92 Å². The molecule has 0 aromatic rings. The quantitative estimate of drug-likeness (QED) is 0.763. The summed E-state index contributed by atoms with van der Waals surface area (Å²) in [6.07, 6.45) is 7.49. The van der Waals surface area contributed by atoms with Gasteiger partial charge in [0.15, 0.2) is 0 Å². The lowest BCUT2D eigenvalue weighted by Crippen LogP contribution is -2.39. The standard InChI is InChI=1S/C15H28N2O2/c1-13(18)16(2)14-5-7-15(8-6-14)19-12-11-17-9-3-4-10-17/h14-15H,3-12H2,1-2H3/t14-,15+. The van der Waals surface area contributed by atoms with Gasteiger partial charge in [0.25, 0.3) is 0 Å². The second-order valence-electron chi connectivity index (χ2n) is 5.98. The van der Waals surface area contributed by atoms with Gasteiger partial charge in [0.1, 0.15) is 0 Å². The first-order valence-electron chi connectivity index (χ1n) is 7.74. The van der Waals surface area contributed by atoms with Gasteiger partial charge in [-0.1, -0.05) is 0 Å². The summed E-state index contributed by atoms with van der Waals surface area (Å²) in [6, 6.07) is 0.427. The van der Waals surface area contributed by atoms with E-state index in [0.717, 1.165) is 38.8 Å². The van der Waals surface area contributed by atoms with Crippen molar-refractivity contribution in [2.45, 2.75) is 57.6 Å². The van der Waals surface area contributed by atoms with E-state index in [9.17, 15) is 4.79 Å².